The second-order valence-corrected chi connectivity index (χ2v) is 7.20. The van der Waals surface area contributed by atoms with Gasteiger partial charge in [0.2, 0.25) is 5.91 Å². The van der Waals surface area contributed by atoms with Crippen LogP contribution in [0.3, 0.4) is 0 Å². The minimum Gasteiger partial charge on any atom is -0.326 e. The van der Waals surface area contributed by atoms with Crippen molar-refractivity contribution in [2.75, 3.05) is 18.1 Å². The number of amides is 1. The number of nitrogens with two attached hydrogens (primary N) is 1. The van der Waals surface area contributed by atoms with Gasteiger partial charge in [-0.15, -0.1) is 6.42 Å². The highest BCUT2D eigenvalue weighted by atomic mass is 32.2. The molecule has 6 heteroatoms. The number of nitrogens with zero attached hydrogens (tertiary/aromatic N) is 1. The first kappa shape index (κ1) is 16.0. The molecule has 0 aliphatic carbocycles. The molecule has 0 aromatic rings. The van der Waals surface area contributed by atoms with Crippen LogP contribution in [0.4, 0.5) is 0 Å². The van der Waals surface area contributed by atoms with E-state index in [4.69, 9.17) is 12.2 Å². The Morgan fingerprint density at radius 3 is 2.74 bits per heavy atom. The second-order valence-electron chi connectivity index (χ2n) is 4.98. The summed E-state index contributed by atoms with van der Waals surface area (Å²) >= 11 is 0. The molecule has 1 aliphatic rings. The summed E-state index contributed by atoms with van der Waals surface area (Å²) in [5.41, 5.74) is 5.86. The maximum atomic E-state index is 12.2. The van der Waals surface area contributed by atoms with Crippen molar-refractivity contribution < 1.29 is 13.2 Å². The van der Waals surface area contributed by atoms with Crippen LogP contribution in [0.1, 0.15) is 32.6 Å². The van der Waals surface area contributed by atoms with E-state index in [9.17, 15) is 13.2 Å². The normalized spacial score (nSPS) is 22.7. The van der Waals surface area contributed by atoms with Gasteiger partial charge in [0.15, 0.2) is 9.84 Å². The molecule has 1 aliphatic heterocycles. The van der Waals surface area contributed by atoms with Gasteiger partial charge in [0, 0.05) is 6.04 Å². The first-order valence-electron chi connectivity index (χ1n) is 6.61. The third-order valence-corrected chi connectivity index (χ3v) is 5.13. The highest BCUT2D eigenvalue weighted by molar-refractivity contribution is 7.91. The lowest BCUT2D eigenvalue weighted by Gasteiger charge is -2.28. The van der Waals surface area contributed by atoms with E-state index in [0.717, 1.165) is 12.8 Å². The van der Waals surface area contributed by atoms with Crippen LogP contribution in [0, 0.1) is 12.3 Å². The molecule has 5 nitrogen and oxygen atoms in total. The van der Waals surface area contributed by atoms with E-state index in [1.54, 1.807) is 0 Å². The molecule has 1 saturated heterocycles. The van der Waals surface area contributed by atoms with E-state index in [-0.39, 0.29) is 30.0 Å². The van der Waals surface area contributed by atoms with Crippen molar-refractivity contribution in [1.29, 1.82) is 0 Å². The molecule has 1 fully saturated rings. The third-order valence-electron chi connectivity index (χ3n) is 3.38. The maximum absolute atomic E-state index is 12.2. The van der Waals surface area contributed by atoms with Gasteiger partial charge in [-0.05, 0) is 12.8 Å². The molecule has 0 saturated carbocycles. The molecule has 1 rings (SSSR count). The van der Waals surface area contributed by atoms with E-state index >= 15 is 0 Å². The summed E-state index contributed by atoms with van der Waals surface area (Å²) < 4.78 is 23.0. The molecule has 0 aromatic carbocycles. The molecule has 0 radical (unpaired) electrons. The predicted octanol–water partition coefficient (Wildman–Crippen LogP) is 0.153. The van der Waals surface area contributed by atoms with Gasteiger partial charge < -0.3 is 10.6 Å². The molecule has 0 bridgehead atoms. The quantitative estimate of drug-likeness (QED) is 0.705. The summed E-state index contributed by atoms with van der Waals surface area (Å²) in [5, 5.41) is 0. The fraction of sp³-hybridized carbons (Fsp3) is 0.769. The number of rotatable bonds is 6. The Morgan fingerprint density at radius 1 is 1.58 bits per heavy atom. The lowest BCUT2D eigenvalue weighted by atomic mass is 10.1. The van der Waals surface area contributed by atoms with Gasteiger partial charge in [0.25, 0.3) is 0 Å². The van der Waals surface area contributed by atoms with Crippen LogP contribution in [0.5, 0.6) is 0 Å². The first-order chi connectivity index (χ1) is 8.91. The van der Waals surface area contributed by atoms with E-state index in [0.29, 0.717) is 12.8 Å². The highest BCUT2D eigenvalue weighted by Crippen LogP contribution is 2.18. The van der Waals surface area contributed by atoms with Crippen LogP contribution in [0.2, 0.25) is 0 Å². The van der Waals surface area contributed by atoms with Gasteiger partial charge in [-0.25, -0.2) is 8.42 Å². The number of sulfone groups is 1. The zero-order valence-corrected chi connectivity index (χ0v) is 12.2. The van der Waals surface area contributed by atoms with Crippen LogP contribution in [-0.2, 0) is 14.6 Å². The molecule has 1 amide bonds. The number of unbranched alkanes of at least 4 members (excludes halogenated alkanes) is 1. The van der Waals surface area contributed by atoms with Crippen LogP contribution in [-0.4, -0.2) is 49.4 Å². The average Bonchev–Trinajstić information content (AvgIpc) is 2.72. The van der Waals surface area contributed by atoms with Crippen molar-refractivity contribution >= 4 is 15.7 Å². The number of carbonyl (C=O) groups excluding carboxylic acids is 1. The van der Waals surface area contributed by atoms with Crippen molar-refractivity contribution in [3.63, 3.8) is 0 Å². The Labute approximate surface area is 115 Å². The molecule has 1 unspecified atom stereocenters. The van der Waals surface area contributed by atoms with E-state index in [1.165, 1.54) is 4.90 Å². The molecular weight excluding hydrogens is 264 g/mol. The lowest BCUT2D eigenvalue weighted by molar-refractivity contribution is -0.133. The van der Waals surface area contributed by atoms with E-state index in [2.05, 4.69) is 5.92 Å². The monoisotopic (exact) mass is 286 g/mol. The van der Waals surface area contributed by atoms with Crippen LogP contribution in [0.15, 0.2) is 0 Å². The summed E-state index contributed by atoms with van der Waals surface area (Å²) in [6, 6.07) is -0.905. The second kappa shape index (κ2) is 6.92. The predicted molar refractivity (Wildman–Crippen MR) is 75.1 cm³/mol. The maximum Gasteiger partial charge on any atom is 0.240 e. The fourth-order valence-electron chi connectivity index (χ4n) is 2.27. The van der Waals surface area contributed by atoms with Gasteiger partial charge in [-0.2, -0.15) is 0 Å². The SMILES string of the molecule is C#CCN(C(=O)[C@@H](N)CCCC)C1CCS(=O)(=O)C1. The number of carbonyl (C=O) groups is 1. The average molecular weight is 286 g/mol. The van der Waals surface area contributed by atoms with Crippen molar-refractivity contribution in [1.82, 2.24) is 4.90 Å². The Kier molecular flexibility index (Phi) is 5.83. The Bertz CT molecular complexity index is 453. The first-order valence-corrected chi connectivity index (χ1v) is 8.43. The highest BCUT2D eigenvalue weighted by Gasteiger charge is 2.35. The van der Waals surface area contributed by atoms with Gasteiger partial charge in [-0.3, -0.25) is 4.79 Å². The van der Waals surface area contributed by atoms with Crippen molar-refractivity contribution in [3.8, 4) is 12.3 Å². The Morgan fingerprint density at radius 2 is 2.26 bits per heavy atom. The molecule has 1 heterocycles. The Balaban J connectivity index is 2.72. The molecule has 19 heavy (non-hydrogen) atoms. The minimum absolute atomic E-state index is 0.000910. The fourth-order valence-corrected chi connectivity index (χ4v) is 4.00. The molecular formula is C13H22N2O3S. The largest absolute Gasteiger partial charge is 0.326 e. The van der Waals surface area contributed by atoms with Crippen LogP contribution >= 0.6 is 0 Å². The summed E-state index contributed by atoms with van der Waals surface area (Å²) in [5.74, 6) is 2.31. The van der Waals surface area contributed by atoms with Crippen molar-refractivity contribution in [2.45, 2.75) is 44.7 Å². The zero-order chi connectivity index (χ0) is 14.5. The summed E-state index contributed by atoms with van der Waals surface area (Å²) in [6.07, 6.45) is 8.17. The molecule has 108 valence electrons. The van der Waals surface area contributed by atoms with Crippen molar-refractivity contribution in [2.24, 2.45) is 5.73 Å². The van der Waals surface area contributed by atoms with Gasteiger partial charge in [0.1, 0.15) is 0 Å². The topological polar surface area (TPSA) is 80.5 Å². The van der Waals surface area contributed by atoms with Crippen LogP contribution < -0.4 is 5.73 Å². The van der Waals surface area contributed by atoms with E-state index in [1.807, 2.05) is 6.92 Å². The molecule has 0 aromatic heterocycles. The number of hydrogen-bond donors (Lipinski definition) is 1. The summed E-state index contributed by atoms with van der Waals surface area (Å²) in [4.78, 5) is 13.7. The number of hydrogen-bond acceptors (Lipinski definition) is 4. The standard InChI is InChI=1S/C13H22N2O3S/c1-3-5-6-12(14)13(16)15(8-4-2)11-7-9-19(17,18)10-11/h2,11-12H,3,5-10,14H2,1H3/t11?,12-/m0/s1. The van der Waals surface area contributed by atoms with Crippen LogP contribution in [0.25, 0.3) is 0 Å². The Hall–Kier alpha value is -1.06. The molecule has 2 atom stereocenters. The number of terminal acetylenes is 1. The summed E-state index contributed by atoms with van der Waals surface area (Å²) in [7, 11) is -3.04. The summed E-state index contributed by atoms with van der Waals surface area (Å²) in [6.45, 7) is 2.15. The molecule has 0 spiro atoms. The minimum atomic E-state index is -3.04. The van der Waals surface area contributed by atoms with Gasteiger partial charge >= 0.3 is 0 Å². The van der Waals surface area contributed by atoms with Gasteiger partial charge in [-0.1, -0.05) is 25.7 Å². The van der Waals surface area contributed by atoms with Gasteiger partial charge in [0.05, 0.1) is 24.1 Å². The zero-order valence-electron chi connectivity index (χ0n) is 11.3. The third kappa shape index (κ3) is 4.51. The smallest absolute Gasteiger partial charge is 0.240 e. The van der Waals surface area contributed by atoms with E-state index < -0.39 is 15.9 Å². The lowest BCUT2D eigenvalue weighted by Crippen LogP contribution is -2.49. The van der Waals surface area contributed by atoms with Crippen molar-refractivity contribution in [3.05, 3.63) is 0 Å². The molecule has 2 N–H and O–H groups in total.